The lowest BCUT2D eigenvalue weighted by molar-refractivity contribution is -0.142. The highest BCUT2D eigenvalue weighted by Gasteiger charge is 2.50. The first-order valence-electron chi connectivity index (χ1n) is 8.62. The number of carboxylic acids is 1. The number of amides is 1. The minimum absolute atomic E-state index is 0.149. The second kappa shape index (κ2) is 6.82. The Bertz CT molecular complexity index is 636. The molecule has 1 N–H and O–H groups in total. The summed E-state index contributed by atoms with van der Waals surface area (Å²) in [5.41, 5.74) is 0. The van der Waals surface area contributed by atoms with E-state index >= 15 is 0 Å². The predicted molar refractivity (Wildman–Crippen MR) is 87.9 cm³/mol. The summed E-state index contributed by atoms with van der Waals surface area (Å²) in [5.74, 6) is -2.12. The molecule has 3 fully saturated rings. The maximum absolute atomic E-state index is 12.8. The van der Waals surface area contributed by atoms with E-state index in [1.165, 1.54) is 8.61 Å². The highest BCUT2D eigenvalue weighted by Crippen LogP contribution is 2.40. The second-order valence-electron chi connectivity index (χ2n) is 7.09. The Morgan fingerprint density at radius 2 is 1.52 bits per heavy atom. The van der Waals surface area contributed by atoms with Crippen molar-refractivity contribution in [2.24, 2.45) is 11.8 Å². The highest BCUT2D eigenvalue weighted by atomic mass is 32.2. The van der Waals surface area contributed by atoms with Crippen molar-refractivity contribution in [2.45, 2.75) is 32.5 Å². The molecule has 1 saturated carbocycles. The van der Waals surface area contributed by atoms with Gasteiger partial charge in [-0.1, -0.05) is 0 Å². The summed E-state index contributed by atoms with van der Waals surface area (Å²) >= 11 is 0. The van der Waals surface area contributed by atoms with Crippen LogP contribution >= 0.6 is 0 Å². The predicted octanol–water partition coefficient (Wildman–Crippen LogP) is -0.795. The average Bonchev–Trinajstić information content (AvgIpc) is 3.34. The van der Waals surface area contributed by atoms with Crippen LogP contribution in [0.25, 0.3) is 0 Å². The summed E-state index contributed by atoms with van der Waals surface area (Å²) in [6, 6.07) is 0. The van der Waals surface area contributed by atoms with Crippen molar-refractivity contribution >= 4 is 22.1 Å². The number of ether oxygens (including phenoxy) is 1. The molecular weight excluding hydrogens is 350 g/mol. The Morgan fingerprint density at radius 3 is 2.00 bits per heavy atom. The van der Waals surface area contributed by atoms with Gasteiger partial charge in [-0.2, -0.15) is 17.0 Å². The minimum atomic E-state index is -3.57. The Morgan fingerprint density at radius 1 is 0.960 bits per heavy atom. The first kappa shape index (κ1) is 18.6. The number of hydrogen-bond acceptors (Lipinski definition) is 5. The molecule has 2 aliphatic heterocycles. The van der Waals surface area contributed by atoms with E-state index in [2.05, 4.69) is 0 Å². The lowest BCUT2D eigenvalue weighted by atomic mass is 10.2. The molecule has 25 heavy (non-hydrogen) atoms. The van der Waals surface area contributed by atoms with Gasteiger partial charge in [0.25, 0.3) is 10.2 Å². The number of hydrogen-bond donors (Lipinski definition) is 1. The van der Waals surface area contributed by atoms with Crippen molar-refractivity contribution in [1.82, 2.24) is 13.5 Å². The Kier molecular flexibility index (Phi) is 5.06. The van der Waals surface area contributed by atoms with Crippen LogP contribution in [0.1, 0.15) is 20.3 Å². The van der Waals surface area contributed by atoms with Gasteiger partial charge in [0.1, 0.15) is 0 Å². The zero-order chi connectivity index (χ0) is 18.4. The molecule has 1 aliphatic carbocycles. The van der Waals surface area contributed by atoms with Crippen molar-refractivity contribution in [3.05, 3.63) is 0 Å². The van der Waals surface area contributed by atoms with Gasteiger partial charge in [-0.15, -0.1) is 0 Å². The van der Waals surface area contributed by atoms with Crippen LogP contribution < -0.4 is 0 Å². The normalized spacial score (nSPS) is 34.7. The molecule has 0 aromatic rings. The van der Waals surface area contributed by atoms with Gasteiger partial charge in [-0.05, 0) is 20.3 Å². The lowest BCUT2D eigenvalue weighted by Crippen LogP contribution is -2.57. The van der Waals surface area contributed by atoms with Crippen LogP contribution in [0, 0.1) is 11.8 Å². The van der Waals surface area contributed by atoms with Crippen molar-refractivity contribution in [3.63, 3.8) is 0 Å². The van der Waals surface area contributed by atoms with E-state index in [-0.39, 0.29) is 31.2 Å². The van der Waals surface area contributed by atoms with Crippen molar-refractivity contribution < 1.29 is 27.9 Å². The van der Waals surface area contributed by atoms with Crippen LogP contribution in [0.3, 0.4) is 0 Å². The second-order valence-corrected chi connectivity index (χ2v) is 9.02. The number of carbonyl (C=O) groups excluding carboxylic acids is 1. The quantitative estimate of drug-likeness (QED) is 0.690. The van der Waals surface area contributed by atoms with Crippen molar-refractivity contribution in [3.8, 4) is 0 Å². The van der Waals surface area contributed by atoms with Crippen molar-refractivity contribution in [1.29, 1.82) is 0 Å². The summed E-state index contributed by atoms with van der Waals surface area (Å²) in [6.07, 6.45) is 0.0874. The number of aliphatic carboxylic acids is 1. The fourth-order valence-corrected chi connectivity index (χ4v) is 5.34. The van der Waals surface area contributed by atoms with Crippen LogP contribution in [-0.2, 0) is 24.5 Å². The SMILES string of the molecule is CC1CN(S(=O)(=O)N2CCN(C(=O)C3CC3C(=O)O)CC2)CC(C)O1. The Hall–Kier alpha value is -1.23. The zero-order valence-corrected chi connectivity index (χ0v) is 15.3. The minimum Gasteiger partial charge on any atom is -0.481 e. The van der Waals surface area contributed by atoms with Crippen LogP contribution in [-0.4, -0.2) is 90.4 Å². The van der Waals surface area contributed by atoms with Gasteiger partial charge in [0.15, 0.2) is 0 Å². The van der Waals surface area contributed by atoms with E-state index in [1.54, 1.807) is 4.90 Å². The Balaban J connectivity index is 1.56. The van der Waals surface area contributed by atoms with E-state index in [0.717, 1.165) is 0 Å². The van der Waals surface area contributed by atoms with Gasteiger partial charge in [-0.25, -0.2) is 0 Å². The number of carboxylic acid groups (broad SMARTS) is 1. The molecule has 4 atom stereocenters. The monoisotopic (exact) mass is 375 g/mol. The largest absolute Gasteiger partial charge is 0.481 e. The number of carbonyl (C=O) groups is 2. The highest BCUT2D eigenvalue weighted by molar-refractivity contribution is 7.86. The topological polar surface area (TPSA) is 107 Å². The third-order valence-electron chi connectivity index (χ3n) is 5.01. The maximum atomic E-state index is 12.8. The fraction of sp³-hybridized carbons (Fsp3) is 0.867. The summed E-state index contributed by atoms with van der Waals surface area (Å²) in [5, 5.41) is 8.93. The molecule has 0 aromatic heterocycles. The van der Waals surface area contributed by atoms with Gasteiger partial charge in [0, 0.05) is 39.3 Å². The molecular formula is C15H25N3O6S. The third-order valence-corrected chi connectivity index (χ3v) is 6.98. The molecule has 10 heteroatoms. The molecule has 142 valence electrons. The summed E-state index contributed by atoms with van der Waals surface area (Å²) < 4.78 is 34.1. The first-order valence-corrected chi connectivity index (χ1v) is 10.0. The average molecular weight is 375 g/mol. The van der Waals surface area contributed by atoms with Crippen LogP contribution in [0.5, 0.6) is 0 Å². The molecule has 0 spiro atoms. The standard InChI is InChI=1S/C15H25N3O6S/c1-10-8-18(9-11(2)24-10)25(22,23)17-5-3-16(4-6-17)14(19)12-7-13(12)15(20)21/h10-13H,3-9H2,1-2H3,(H,20,21). The fourth-order valence-electron chi connectivity index (χ4n) is 3.60. The van der Waals surface area contributed by atoms with Gasteiger partial charge in [0.05, 0.1) is 24.0 Å². The third kappa shape index (κ3) is 3.81. The van der Waals surface area contributed by atoms with Gasteiger partial charge in [0.2, 0.25) is 5.91 Å². The lowest BCUT2D eigenvalue weighted by Gasteiger charge is -2.40. The molecule has 3 aliphatic rings. The smallest absolute Gasteiger partial charge is 0.307 e. The Labute approximate surface area is 147 Å². The van der Waals surface area contributed by atoms with Gasteiger partial charge < -0.3 is 14.7 Å². The summed E-state index contributed by atoms with van der Waals surface area (Å²) in [7, 11) is -3.57. The van der Waals surface area contributed by atoms with Gasteiger partial charge >= 0.3 is 5.97 Å². The van der Waals surface area contributed by atoms with E-state index in [9.17, 15) is 18.0 Å². The summed E-state index contributed by atoms with van der Waals surface area (Å²) in [6.45, 7) is 5.43. The maximum Gasteiger partial charge on any atom is 0.307 e. The molecule has 9 nitrogen and oxygen atoms in total. The molecule has 0 bridgehead atoms. The molecule has 4 unspecified atom stereocenters. The molecule has 0 radical (unpaired) electrons. The van der Waals surface area contributed by atoms with Crippen LogP contribution in [0.2, 0.25) is 0 Å². The van der Waals surface area contributed by atoms with E-state index < -0.39 is 28.0 Å². The van der Waals surface area contributed by atoms with E-state index in [1.807, 2.05) is 13.8 Å². The van der Waals surface area contributed by atoms with Crippen LogP contribution in [0.15, 0.2) is 0 Å². The number of piperazine rings is 1. The molecule has 0 aromatic carbocycles. The first-order chi connectivity index (χ1) is 11.7. The van der Waals surface area contributed by atoms with E-state index in [4.69, 9.17) is 9.84 Å². The van der Waals surface area contributed by atoms with Crippen molar-refractivity contribution in [2.75, 3.05) is 39.3 Å². The zero-order valence-electron chi connectivity index (χ0n) is 14.5. The van der Waals surface area contributed by atoms with E-state index in [0.29, 0.717) is 32.6 Å². The number of rotatable bonds is 4. The molecule has 1 amide bonds. The van der Waals surface area contributed by atoms with Crippen LogP contribution in [0.4, 0.5) is 0 Å². The van der Waals surface area contributed by atoms with Gasteiger partial charge in [-0.3, -0.25) is 9.59 Å². The summed E-state index contributed by atoms with van der Waals surface area (Å²) in [4.78, 5) is 24.8. The molecule has 2 saturated heterocycles. The number of nitrogens with zero attached hydrogens (tertiary/aromatic N) is 3. The number of morpholine rings is 1. The molecule has 3 rings (SSSR count). The molecule has 2 heterocycles.